The fraction of sp³-hybridized carbons (Fsp3) is 0.100. The summed E-state index contributed by atoms with van der Waals surface area (Å²) in [7, 11) is 0. The van der Waals surface area contributed by atoms with Gasteiger partial charge >= 0.3 is 0 Å². The lowest BCUT2D eigenvalue weighted by molar-refractivity contribution is 0.304. The maximum atomic E-state index is 14.2. The third kappa shape index (κ3) is 4.60. The number of halogens is 1. The Morgan fingerprint density at radius 3 is 2.09 bits per heavy atom. The fourth-order valence-electron chi connectivity index (χ4n) is 2.16. The number of benzene rings is 3. The van der Waals surface area contributed by atoms with Crippen LogP contribution in [0.1, 0.15) is 11.1 Å². The molecule has 0 atom stereocenters. The Balaban J connectivity index is 1.59. The number of rotatable bonds is 6. The van der Waals surface area contributed by atoms with E-state index in [0.29, 0.717) is 17.3 Å². The maximum Gasteiger partial charge on any atom is 0.140 e. The fourth-order valence-corrected chi connectivity index (χ4v) is 3.04. The lowest BCUT2D eigenvalue weighted by Crippen LogP contribution is -1.95. The van der Waals surface area contributed by atoms with E-state index in [-0.39, 0.29) is 5.82 Å². The molecule has 0 bridgehead atoms. The molecule has 0 N–H and O–H groups in total. The van der Waals surface area contributed by atoms with Crippen LogP contribution in [0.5, 0.6) is 5.75 Å². The second kappa shape index (κ2) is 7.84. The molecule has 116 valence electrons. The third-order valence-electron chi connectivity index (χ3n) is 3.39. The zero-order valence-corrected chi connectivity index (χ0v) is 13.4. The van der Waals surface area contributed by atoms with E-state index in [9.17, 15) is 4.39 Å². The normalized spacial score (nSPS) is 10.5. The molecule has 1 nitrogen and oxygen atoms in total. The highest BCUT2D eigenvalue weighted by Crippen LogP contribution is 2.28. The van der Waals surface area contributed by atoms with Crippen molar-refractivity contribution < 1.29 is 9.13 Å². The number of ether oxygens (including phenoxy) is 1. The summed E-state index contributed by atoms with van der Waals surface area (Å²) in [5.74, 6) is 1.06. The van der Waals surface area contributed by atoms with Crippen molar-refractivity contribution in [1.29, 1.82) is 0 Å². The molecule has 0 saturated carbocycles. The first-order valence-corrected chi connectivity index (χ1v) is 8.43. The Labute approximate surface area is 140 Å². The Hall–Kier alpha value is -2.26. The van der Waals surface area contributed by atoms with Crippen LogP contribution in [0.2, 0.25) is 0 Å². The van der Waals surface area contributed by atoms with Crippen molar-refractivity contribution in [2.24, 2.45) is 0 Å². The van der Waals surface area contributed by atoms with E-state index in [1.807, 2.05) is 66.7 Å². The van der Waals surface area contributed by atoms with Crippen LogP contribution in [0.15, 0.2) is 83.8 Å². The summed E-state index contributed by atoms with van der Waals surface area (Å²) in [4.78, 5) is 0.640. The molecule has 0 unspecified atom stereocenters. The lowest BCUT2D eigenvalue weighted by atomic mass is 10.2. The van der Waals surface area contributed by atoms with E-state index in [4.69, 9.17) is 4.74 Å². The molecule has 0 aliphatic heterocycles. The molecule has 0 fully saturated rings. The molecular weight excluding hydrogens is 307 g/mol. The second-order valence-corrected chi connectivity index (χ2v) is 6.16. The highest BCUT2D eigenvalue weighted by Gasteiger charge is 2.06. The van der Waals surface area contributed by atoms with Gasteiger partial charge in [0, 0.05) is 16.7 Å². The number of hydrogen-bond donors (Lipinski definition) is 0. The minimum atomic E-state index is -0.239. The van der Waals surface area contributed by atoms with Gasteiger partial charge in [-0.1, -0.05) is 60.7 Å². The largest absolute Gasteiger partial charge is 0.489 e. The van der Waals surface area contributed by atoms with Crippen LogP contribution in [-0.4, -0.2) is 0 Å². The molecule has 3 aromatic carbocycles. The van der Waals surface area contributed by atoms with Crippen LogP contribution >= 0.6 is 11.8 Å². The van der Waals surface area contributed by atoms with Crippen LogP contribution < -0.4 is 4.74 Å². The van der Waals surface area contributed by atoms with Gasteiger partial charge in [-0.05, 0) is 23.3 Å². The summed E-state index contributed by atoms with van der Waals surface area (Å²) in [5, 5.41) is 0. The average Bonchev–Trinajstić information content (AvgIpc) is 2.61. The van der Waals surface area contributed by atoms with Crippen LogP contribution in [0, 0.1) is 5.82 Å². The molecule has 0 spiro atoms. The SMILES string of the molecule is Fc1cc(OCc2ccccc2)ccc1SCc1ccccc1. The van der Waals surface area contributed by atoms with Crippen molar-refractivity contribution in [1.82, 2.24) is 0 Å². The maximum absolute atomic E-state index is 14.2. The molecular formula is C20H17FOS. The highest BCUT2D eigenvalue weighted by molar-refractivity contribution is 7.98. The first-order chi connectivity index (χ1) is 11.3. The van der Waals surface area contributed by atoms with Crippen LogP contribution in [0.4, 0.5) is 4.39 Å². The summed E-state index contributed by atoms with van der Waals surface area (Å²) in [5.41, 5.74) is 2.25. The molecule has 0 aliphatic rings. The van der Waals surface area contributed by atoms with Gasteiger partial charge in [-0.25, -0.2) is 4.39 Å². The predicted octanol–water partition coefficient (Wildman–Crippen LogP) is 5.70. The van der Waals surface area contributed by atoms with E-state index in [1.54, 1.807) is 6.07 Å². The summed E-state index contributed by atoms with van der Waals surface area (Å²) >= 11 is 1.49. The summed E-state index contributed by atoms with van der Waals surface area (Å²) < 4.78 is 19.8. The molecule has 3 aromatic rings. The first-order valence-electron chi connectivity index (χ1n) is 7.44. The first kappa shape index (κ1) is 15.6. The van der Waals surface area contributed by atoms with Crippen molar-refractivity contribution in [2.45, 2.75) is 17.3 Å². The van der Waals surface area contributed by atoms with Crippen molar-refractivity contribution in [2.75, 3.05) is 0 Å². The minimum Gasteiger partial charge on any atom is -0.489 e. The number of thioether (sulfide) groups is 1. The molecule has 0 amide bonds. The minimum absolute atomic E-state index is 0.239. The molecule has 0 radical (unpaired) electrons. The monoisotopic (exact) mass is 324 g/mol. The molecule has 0 heterocycles. The van der Waals surface area contributed by atoms with Gasteiger partial charge in [0.15, 0.2) is 0 Å². The summed E-state index contributed by atoms with van der Waals surface area (Å²) in [6.45, 7) is 0.441. The van der Waals surface area contributed by atoms with Gasteiger partial charge in [0.2, 0.25) is 0 Å². The van der Waals surface area contributed by atoms with E-state index in [2.05, 4.69) is 0 Å². The Kier molecular flexibility index (Phi) is 5.33. The van der Waals surface area contributed by atoms with Gasteiger partial charge in [0.1, 0.15) is 18.2 Å². The highest BCUT2D eigenvalue weighted by atomic mass is 32.2. The molecule has 3 heteroatoms. The molecule has 0 saturated heterocycles. The van der Waals surface area contributed by atoms with E-state index in [0.717, 1.165) is 11.3 Å². The Morgan fingerprint density at radius 1 is 0.783 bits per heavy atom. The standard InChI is InChI=1S/C20H17FOS/c21-19-13-18(22-14-16-7-3-1-4-8-16)11-12-20(19)23-15-17-9-5-2-6-10-17/h1-13H,14-15H2. The molecule has 0 aliphatic carbocycles. The topological polar surface area (TPSA) is 9.23 Å². The van der Waals surface area contributed by atoms with Crippen molar-refractivity contribution >= 4 is 11.8 Å². The second-order valence-electron chi connectivity index (χ2n) is 5.14. The lowest BCUT2D eigenvalue weighted by Gasteiger charge is -2.08. The van der Waals surface area contributed by atoms with E-state index >= 15 is 0 Å². The smallest absolute Gasteiger partial charge is 0.140 e. The predicted molar refractivity (Wildman–Crippen MR) is 93.2 cm³/mol. The quantitative estimate of drug-likeness (QED) is 0.538. The van der Waals surface area contributed by atoms with Crippen molar-refractivity contribution in [3.05, 3.63) is 95.8 Å². The third-order valence-corrected chi connectivity index (χ3v) is 4.51. The van der Waals surface area contributed by atoms with Gasteiger partial charge in [0.05, 0.1) is 0 Å². The zero-order chi connectivity index (χ0) is 15.9. The molecule has 0 aromatic heterocycles. The Bertz CT molecular complexity index is 744. The average molecular weight is 324 g/mol. The van der Waals surface area contributed by atoms with Gasteiger partial charge in [0.25, 0.3) is 0 Å². The molecule has 23 heavy (non-hydrogen) atoms. The summed E-state index contributed by atoms with van der Waals surface area (Å²) in [6, 6.07) is 25.0. The molecule has 3 rings (SSSR count). The number of hydrogen-bond acceptors (Lipinski definition) is 2. The van der Waals surface area contributed by atoms with Crippen LogP contribution in [-0.2, 0) is 12.4 Å². The van der Waals surface area contributed by atoms with Gasteiger partial charge in [-0.15, -0.1) is 11.8 Å². The van der Waals surface area contributed by atoms with E-state index in [1.165, 1.54) is 23.4 Å². The van der Waals surface area contributed by atoms with Gasteiger partial charge in [-0.3, -0.25) is 0 Å². The zero-order valence-electron chi connectivity index (χ0n) is 12.6. The van der Waals surface area contributed by atoms with Gasteiger partial charge < -0.3 is 4.74 Å². The van der Waals surface area contributed by atoms with Gasteiger partial charge in [-0.2, -0.15) is 0 Å². The van der Waals surface area contributed by atoms with Crippen LogP contribution in [0.3, 0.4) is 0 Å². The summed E-state index contributed by atoms with van der Waals surface area (Å²) in [6.07, 6.45) is 0. The van der Waals surface area contributed by atoms with Crippen molar-refractivity contribution in [3.63, 3.8) is 0 Å². The van der Waals surface area contributed by atoms with Crippen LogP contribution in [0.25, 0.3) is 0 Å². The Morgan fingerprint density at radius 2 is 1.43 bits per heavy atom. The van der Waals surface area contributed by atoms with Crippen molar-refractivity contribution in [3.8, 4) is 5.75 Å². The van der Waals surface area contributed by atoms with E-state index < -0.39 is 0 Å².